The molecule has 0 aliphatic heterocycles. The van der Waals surface area contributed by atoms with E-state index in [0.29, 0.717) is 17.2 Å². The largest absolute Gasteiger partial charge is 0.503 e. The lowest BCUT2D eigenvalue weighted by molar-refractivity contribution is 0.0750. The van der Waals surface area contributed by atoms with Crippen LogP contribution >= 0.6 is 0 Å². The van der Waals surface area contributed by atoms with Crippen LogP contribution < -0.4 is 9.47 Å². The third-order valence-electron chi connectivity index (χ3n) is 6.26. The van der Waals surface area contributed by atoms with Crippen LogP contribution in [0.4, 0.5) is 0 Å². The minimum Gasteiger partial charge on any atom is -0.503 e. The molecule has 0 fully saturated rings. The van der Waals surface area contributed by atoms with Gasteiger partial charge in [0, 0.05) is 17.0 Å². The molecule has 1 aromatic carbocycles. The number of methoxy groups -OCH3 is 2. The molecule has 1 aromatic rings. The van der Waals surface area contributed by atoms with Crippen molar-refractivity contribution >= 4 is 10.1 Å². The standard InChI is InChI=1S/C26H46O6S/c1-13-17-20(31-11)18(21(32-12)19(27)22(17)33(28,29)30)23(25(7,8)14-16(2)3)26(9,10)15-24(4,5)6/h16,23,27H,13-15H2,1-12H3,(H,28,29,30). The predicted molar refractivity (Wildman–Crippen MR) is 134 cm³/mol. The van der Waals surface area contributed by atoms with Gasteiger partial charge < -0.3 is 14.6 Å². The third-order valence-corrected chi connectivity index (χ3v) is 7.21. The van der Waals surface area contributed by atoms with E-state index in [4.69, 9.17) is 9.47 Å². The summed E-state index contributed by atoms with van der Waals surface area (Å²) in [7, 11) is -1.82. The van der Waals surface area contributed by atoms with Gasteiger partial charge in [-0.2, -0.15) is 8.42 Å². The van der Waals surface area contributed by atoms with Gasteiger partial charge in [0.1, 0.15) is 10.6 Å². The van der Waals surface area contributed by atoms with Crippen LogP contribution in [0.25, 0.3) is 0 Å². The molecule has 2 N–H and O–H groups in total. The molecule has 0 saturated carbocycles. The summed E-state index contributed by atoms with van der Waals surface area (Å²) >= 11 is 0. The van der Waals surface area contributed by atoms with Crippen LogP contribution in [-0.2, 0) is 16.5 Å². The van der Waals surface area contributed by atoms with Gasteiger partial charge in [-0.1, -0.05) is 69.2 Å². The lowest BCUT2D eigenvalue weighted by Gasteiger charge is -2.49. The van der Waals surface area contributed by atoms with E-state index in [2.05, 4.69) is 62.3 Å². The normalized spacial score (nSPS) is 14.5. The highest BCUT2D eigenvalue weighted by atomic mass is 32.2. The van der Waals surface area contributed by atoms with Crippen molar-refractivity contribution < 1.29 is 27.6 Å². The van der Waals surface area contributed by atoms with E-state index in [1.54, 1.807) is 6.92 Å². The third kappa shape index (κ3) is 6.56. The van der Waals surface area contributed by atoms with Crippen LogP contribution in [0.5, 0.6) is 17.2 Å². The predicted octanol–water partition coefficient (Wildman–Crippen LogP) is 6.84. The maximum Gasteiger partial charge on any atom is 0.298 e. The van der Waals surface area contributed by atoms with Crippen molar-refractivity contribution in [1.29, 1.82) is 0 Å². The number of benzene rings is 1. The second-order valence-corrected chi connectivity index (χ2v) is 13.6. The molecule has 1 rings (SSSR count). The molecule has 0 amide bonds. The average Bonchev–Trinajstić information content (AvgIpc) is 2.56. The second-order valence-electron chi connectivity index (χ2n) is 12.2. The summed E-state index contributed by atoms with van der Waals surface area (Å²) in [6.07, 6.45) is 2.03. The molecule has 0 radical (unpaired) electrons. The molecule has 33 heavy (non-hydrogen) atoms. The topological polar surface area (TPSA) is 93.1 Å². The fraction of sp³-hybridized carbons (Fsp3) is 0.769. The molecule has 0 aliphatic rings. The Bertz CT molecular complexity index is 937. The molecule has 0 bridgehead atoms. The van der Waals surface area contributed by atoms with Gasteiger partial charge in [-0.3, -0.25) is 4.55 Å². The smallest absolute Gasteiger partial charge is 0.298 e. The van der Waals surface area contributed by atoms with E-state index in [1.807, 2.05) is 0 Å². The summed E-state index contributed by atoms with van der Waals surface area (Å²) in [5, 5.41) is 11.1. The molecule has 1 atom stereocenters. The molecule has 1 unspecified atom stereocenters. The van der Waals surface area contributed by atoms with Crippen LogP contribution in [0, 0.1) is 22.2 Å². The molecule has 0 saturated heterocycles. The zero-order valence-corrected chi connectivity index (χ0v) is 23.5. The van der Waals surface area contributed by atoms with Gasteiger partial charge in [-0.15, -0.1) is 0 Å². The van der Waals surface area contributed by atoms with Crippen LogP contribution in [0.1, 0.15) is 99.1 Å². The number of rotatable bonds is 10. The fourth-order valence-corrected chi connectivity index (χ4v) is 7.41. The second kappa shape index (κ2) is 10.0. The summed E-state index contributed by atoms with van der Waals surface area (Å²) in [5.74, 6) is 0.0954. The SMILES string of the molecule is CCc1c(OC)c(C(C(C)(C)CC(C)C)C(C)(C)CC(C)(C)C)c(OC)c(O)c1S(=O)(=O)O. The Balaban J connectivity index is 4.28. The maximum atomic E-state index is 12.3. The molecular weight excluding hydrogens is 440 g/mol. The quantitative estimate of drug-likeness (QED) is 0.352. The summed E-state index contributed by atoms with van der Waals surface area (Å²) in [6.45, 7) is 21.6. The molecule has 6 nitrogen and oxygen atoms in total. The number of hydrogen-bond donors (Lipinski definition) is 2. The Hall–Kier alpha value is -1.47. The Morgan fingerprint density at radius 1 is 0.909 bits per heavy atom. The fourth-order valence-electron chi connectivity index (χ4n) is 6.52. The first kappa shape index (κ1) is 29.6. The Morgan fingerprint density at radius 3 is 1.73 bits per heavy atom. The number of phenols is 1. The monoisotopic (exact) mass is 486 g/mol. The summed E-state index contributed by atoms with van der Waals surface area (Å²) in [6, 6.07) is 0. The first-order valence-electron chi connectivity index (χ1n) is 11.7. The summed E-state index contributed by atoms with van der Waals surface area (Å²) in [5.41, 5.74) is 0.418. The molecular formula is C26H46O6S. The van der Waals surface area contributed by atoms with Crippen molar-refractivity contribution in [1.82, 2.24) is 0 Å². The van der Waals surface area contributed by atoms with Gasteiger partial charge >= 0.3 is 0 Å². The zero-order valence-electron chi connectivity index (χ0n) is 22.7. The molecule has 0 aromatic heterocycles. The highest BCUT2D eigenvalue weighted by Crippen LogP contribution is 2.61. The van der Waals surface area contributed by atoms with E-state index in [0.717, 1.165) is 12.8 Å². The Morgan fingerprint density at radius 2 is 1.39 bits per heavy atom. The lowest BCUT2D eigenvalue weighted by atomic mass is 9.56. The zero-order chi connectivity index (χ0) is 26.2. The van der Waals surface area contributed by atoms with E-state index in [9.17, 15) is 18.1 Å². The number of phenolic OH excluding ortho intramolecular Hbond substituents is 1. The van der Waals surface area contributed by atoms with Crippen molar-refractivity contribution in [3.63, 3.8) is 0 Å². The first-order chi connectivity index (χ1) is 14.7. The van der Waals surface area contributed by atoms with E-state index in [-0.39, 0.29) is 39.9 Å². The molecule has 7 heteroatoms. The van der Waals surface area contributed by atoms with Crippen LogP contribution in [0.15, 0.2) is 4.90 Å². The van der Waals surface area contributed by atoms with Gasteiger partial charge in [0.25, 0.3) is 10.1 Å². The van der Waals surface area contributed by atoms with Crippen LogP contribution in [0.2, 0.25) is 0 Å². The molecule has 0 heterocycles. The number of aromatic hydroxyl groups is 1. The molecule has 0 aliphatic carbocycles. The average molecular weight is 487 g/mol. The highest BCUT2D eigenvalue weighted by Gasteiger charge is 2.48. The van der Waals surface area contributed by atoms with Gasteiger partial charge in [0.2, 0.25) is 0 Å². The van der Waals surface area contributed by atoms with Crippen molar-refractivity contribution in [3.8, 4) is 17.2 Å². The minimum absolute atomic E-state index is 0.0279. The lowest BCUT2D eigenvalue weighted by Crippen LogP contribution is -2.38. The number of hydrogen-bond acceptors (Lipinski definition) is 5. The van der Waals surface area contributed by atoms with Crippen LogP contribution in [0.3, 0.4) is 0 Å². The van der Waals surface area contributed by atoms with Crippen molar-refractivity contribution in [2.45, 2.75) is 99.3 Å². The van der Waals surface area contributed by atoms with Crippen LogP contribution in [-0.4, -0.2) is 32.3 Å². The van der Waals surface area contributed by atoms with Crippen molar-refractivity contribution in [2.24, 2.45) is 22.2 Å². The van der Waals surface area contributed by atoms with Gasteiger partial charge in [-0.05, 0) is 41.4 Å². The summed E-state index contributed by atoms with van der Waals surface area (Å²) in [4.78, 5) is -0.545. The highest BCUT2D eigenvalue weighted by molar-refractivity contribution is 7.86. The van der Waals surface area contributed by atoms with Crippen molar-refractivity contribution in [3.05, 3.63) is 11.1 Å². The maximum absolute atomic E-state index is 12.3. The van der Waals surface area contributed by atoms with Gasteiger partial charge in [0.15, 0.2) is 11.5 Å². The van der Waals surface area contributed by atoms with E-state index < -0.39 is 20.8 Å². The minimum atomic E-state index is -4.71. The molecule has 0 spiro atoms. The Kier molecular flexibility index (Phi) is 8.98. The number of ether oxygens (including phenoxy) is 2. The summed E-state index contributed by atoms with van der Waals surface area (Å²) < 4.78 is 46.0. The Labute approximate surface area is 201 Å². The van der Waals surface area contributed by atoms with E-state index in [1.165, 1.54) is 14.2 Å². The molecule has 192 valence electrons. The van der Waals surface area contributed by atoms with Gasteiger partial charge in [-0.25, -0.2) is 0 Å². The first-order valence-corrected chi connectivity index (χ1v) is 13.2. The van der Waals surface area contributed by atoms with E-state index >= 15 is 0 Å². The van der Waals surface area contributed by atoms with Gasteiger partial charge in [0.05, 0.1) is 14.2 Å². The van der Waals surface area contributed by atoms with Crippen molar-refractivity contribution in [2.75, 3.05) is 14.2 Å².